The van der Waals surface area contributed by atoms with Gasteiger partial charge in [-0.05, 0) is 43.4 Å². The van der Waals surface area contributed by atoms with Gasteiger partial charge >= 0.3 is 0 Å². The second-order valence-electron chi connectivity index (χ2n) is 9.40. The van der Waals surface area contributed by atoms with Crippen LogP contribution in [0.1, 0.15) is 36.8 Å². The number of methoxy groups -OCH3 is 1. The van der Waals surface area contributed by atoms with E-state index in [0.717, 1.165) is 62.4 Å². The summed E-state index contributed by atoms with van der Waals surface area (Å²) < 4.78 is 7.61. The van der Waals surface area contributed by atoms with E-state index in [2.05, 4.69) is 33.9 Å². The molecule has 174 valence electrons. The molecule has 1 N–H and O–H groups in total. The fraction of sp³-hybridized carbons (Fsp3) is 0.444. The first-order valence-electron chi connectivity index (χ1n) is 12.0. The predicted octanol–water partition coefficient (Wildman–Crippen LogP) is 3.76. The van der Waals surface area contributed by atoms with Gasteiger partial charge in [0.1, 0.15) is 12.3 Å². The van der Waals surface area contributed by atoms with Crippen molar-refractivity contribution in [3.63, 3.8) is 0 Å². The Morgan fingerprint density at radius 1 is 1.00 bits per heavy atom. The molecule has 6 nitrogen and oxygen atoms in total. The van der Waals surface area contributed by atoms with Crippen molar-refractivity contribution in [3.8, 4) is 5.75 Å². The smallest absolute Gasteiger partial charge is 0.242 e. The Bertz CT molecular complexity index is 1120. The fourth-order valence-corrected chi connectivity index (χ4v) is 5.41. The Morgan fingerprint density at radius 2 is 1.70 bits per heavy atom. The largest absolute Gasteiger partial charge is 0.496 e. The van der Waals surface area contributed by atoms with Gasteiger partial charge in [0.25, 0.3) is 0 Å². The van der Waals surface area contributed by atoms with Crippen molar-refractivity contribution in [2.45, 2.75) is 44.4 Å². The zero-order valence-electron chi connectivity index (χ0n) is 19.4. The van der Waals surface area contributed by atoms with E-state index in [-0.39, 0.29) is 5.91 Å². The molecule has 0 unspecified atom stereocenters. The number of hydrogen-bond donors (Lipinski definition) is 1. The number of likely N-dealkylation sites (tertiary alicyclic amines) is 2. The summed E-state index contributed by atoms with van der Waals surface area (Å²) >= 11 is 0. The first-order valence-corrected chi connectivity index (χ1v) is 12.0. The minimum Gasteiger partial charge on any atom is -0.496 e. The molecule has 0 radical (unpaired) electrons. The molecular formula is C27H33N3O3. The molecule has 0 atom stereocenters. The number of carbonyl (C=O) groups is 1. The van der Waals surface area contributed by atoms with Crippen LogP contribution in [0.5, 0.6) is 5.75 Å². The van der Waals surface area contributed by atoms with Crippen LogP contribution in [0.25, 0.3) is 10.9 Å². The van der Waals surface area contributed by atoms with E-state index in [0.29, 0.717) is 19.4 Å². The maximum atomic E-state index is 12.8. The van der Waals surface area contributed by atoms with Crippen LogP contribution in [0.4, 0.5) is 0 Å². The number of benzene rings is 2. The SMILES string of the molecule is COc1ccccc1C1(O)CCN(Cc2cn(CC(=O)N3CCCC3)c3ccccc23)CC1. The van der Waals surface area contributed by atoms with Crippen LogP contribution in [0.15, 0.2) is 54.7 Å². The zero-order valence-corrected chi connectivity index (χ0v) is 19.4. The number of aromatic nitrogens is 1. The highest BCUT2D eigenvalue weighted by Crippen LogP contribution is 2.38. The lowest BCUT2D eigenvalue weighted by Gasteiger charge is -2.39. The number of hydrogen-bond acceptors (Lipinski definition) is 4. The average molecular weight is 448 g/mol. The summed E-state index contributed by atoms with van der Waals surface area (Å²) in [4.78, 5) is 17.2. The summed E-state index contributed by atoms with van der Waals surface area (Å²) in [5.74, 6) is 0.957. The number of para-hydroxylation sites is 2. The van der Waals surface area contributed by atoms with E-state index < -0.39 is 5.60 Å². The second kappa shape index (κ2) is 9.20. The third kappa shape index (κ3) is 4.37. The zero-order chi connectivity index (χ0) is 22.8. The Kier molecular flexibility index (Phi) is 6.13. The maximum absolute atomic E-state index is 12.8. The number of piperidine rings is 1. The topological polar surface area (TPSA) is 57.9 Å². The third-order valence-corrected chi connectivity index (χ3v) is 7.32. The van der Waals surface area contributed by atoms with Crippen molar-refractivity contribution in [3.05, 3.63) is 65.9 Å². The van der Waals surface area contributed by atoms with Crippen LogP contribution >= 0.6 is 0 Å². The van der Waals surface area contributed by atoms with Crippen LogP contribution < -0.4 is 4.74 Å². The lowest BCUT2D eigenvalue weighted by Crippen LogP contribution is -2.42. The Morgan fingerprint density at radius 3 is 2.45 bits per heavy atom. The fourth-order valence-electron chi connectivity index (χ4n) is 5.41. The van der Waals surface area contributed by atoms with E-state index in [9.17, 15) is 9.90 Å². The van der Waals surface area contributed by atoms with Crippen LogP contribution in [-0.2, 0) is 23.5 Å². The van der Waals surface area contributed by atoms with Crippen molar-refractivity contribution in [2.24, 2.45) is 0 Å². The summed E-state index contributed by atoms with van der Waals surface area (Å²) in [6, 6.07) is 16.1. The van der Waals surface area contributed by atoms with Gasteiger partial charge in [0.05, 0.1) is 12.7 Å². The lowest BCUT2D eigenvalue weighted by molar-refractivity contribution is -0.130. The molecule has 0 spiro atoms. The number of amides is 1. The quantitative estimate of drug-likeness (QED) is 0.625. The molecule has 0 saturated carbocycles. The highest BCUT2D eigenvalue weighted by Gasteiger charge is 2.36. The Hall–Kier alpha value is -2.83. The summed E-state index contributed by atoms with van der Waals surface area (Å²) in [7, 11) is 1.65. The minimum absolute atomic E-state index is 0.208. The molecule has 3 aromatic rings. The Balaban J connectivity index is 1.30. The van der Waals surface area contributed by atoms with E-state index >= 15 is 0 Å². The molecule has 2 aliphatic rings. The molecule has 6 heteroatoms. The van der Waals surface area contributed by atoms with Crippen LogP contribution in [0.3, 0.4) is 0 Å². The van der Waals surface area contributed by atoms with Gasteiger partial charge in [-0.1, -0.05) is 36.4 Å². The molecule has 2 aromatic carbocycles. The number of nitrogens with zero attached hydrogens (tertiary/aromatic N) is 3. The summed E-state index contributed by atoms with van der Waals surface area (Å²) in [6.07, 6.45) is 5.71. The molecule has 0 aliphatic carbocycles. The highest BCUT2D eigenvalue weighted by atomic mass is 16.5. The first-order chi connectivity index (χ1) is 16.1. The van der Waals surface area contributed by atoms with E-state index in [4.69, 9.17) is 4.74 Å². The summed E-state index contributed by atoms with van der Waals surface area (Å²) in [5, 5.41) is 12.6. The number of carbonyl (C=O) groups excluding carboxylic acids is 1. The summed E-state index contributed by atoms with van der Waals surface area (Å²) in [5.41, 5.74) is 2.37. The monoisotopic (exact) mass is 447 g/mol. The minimum atomic E-state index is -0.862. The molecule has 1 aromatic heterocycles. The summed E-state index contributed by atoms with van der Waals surface area (Å²) in [6.45, 7) is 4.59. The van der Waals surface area contributed by atoms with Crippen molar-refractivity contribution in [2.75, 3.05) is 33.3 Å². The number of fused-ring (bicyclic) bond motifs is 1. The van der Waals surface area contributed by atoms with Gasteiger partial charge in [-0.15, -0.1) is 0 Å². The molecule has 1 amide bonds. The standard InChI is InChI=1S/C27H33N3O3/c1-33-25-11-5-3-9-23(25)27(32)12-16-28(17-13-27)18-21-19-30(24-10-4-2-8-22(21)24)20-26(31)29-14-6-7-15-29/h2-5,8-11,19,32H,6-7,12-18,20H2,1H3. The van der Waals surface area contributed by atoms with Crippen molar-refractivity contribution in [1.29, 1.82) is 0 Å². The number of rotatable bonds is 6. The Labute approximate surface area is 195 Å². The highest BCUT2D eigenvalue weighted by molar-refractivity contribution is 5.86. The molecule has 2 aliphatic heterocycles. The van der Waals surface area contributed by atoms with Crippen molar-refractivity contribution in [1.82, 2.24) is 14.4 Å². The van der Waals surface area contributed by atoms with E-state index in [1.165, 1.54) is 10.9 Å². The average Bonchev–Trinajstić information content (AvgIpc) is 3.50. The van der Waals surface area contributed by atoms with Crippen LogP contribution in [0, 0.1) is 0 Å². The normalized spacial score (nSPS) is 18.7. The lowest BCUT2D eigenvalue weighted by atomic mass is 9.84. The van der Waals surface area contributed by atoms with E-state index in [1.807, 2.05) is 35.2 Å². The van der Waals surface area contributed by atoms with Gasteiger partial charge in [0.2, 0.25) is 5.91 Å². The second-order valence-corrected chi connectivity index (χ2v) is 9.40. The van der Waals surface area contributed by atoms with Gasteiger partial charge in [0.15, 0.2) is 0 Å². The molecular weight excluding hydrogens is 414 g/mol. The number of ether oxygens (including phenoxy) is 1. The van der Waals surface area contributed by atoms with Gasteiger partial charge in [-0.3, -0.25) is 9.69 Å². The maximum Gasteiger partial charge on any atom is 0.242 e. The molecule has 33 heavy (non-hydrogen) atoms. The van der Waals surface area contributed by atoms with Gasteiger partial charge < -0.3 is 19.3 Å². The predicted molar refractivity (Wildman–Crippen MR) is 129 cm³/mol. The molecule has 2 fully saturated rings. The van der Waals surface area contributed by atoms with Crippen molar-refractivity contribution < 1.29 is 14.6 Å². The molecule has 2 saturated heterocycles. The van der Waals surface area contributed by atoms with Gasteiger partial charge in [-0.25, -0.2) is 0 Å². The van der Waals surface area contributed by atoms with E-state index in [1.54, 1.807) is 7.11 Å². The van der Waals surface area contributed by atoms with Crippen molar-refractivity contribution >= 4 is 16.8 Å². The molecule has 5 rings (SSSR count). The van der Waals surface area contributed by atoms with Crippen LogP contribution in [0.2, 0.25) is 0 Å². The first kappa shape index (κ1) is 22.0. The van der Waals surface area contributed by atoms with Gasteiger partial charge in [0, 0.05) is 55.4 Å². The third-order valence-electron chi connectivity index (χ3n) is 7.32. The van der Waals surface area contributed by atoms with Gasteiger partial charge in [-0.2, -0.15) is 0 Å². The van der Waals surface area contributed by atoms with Crippen LogP contribution in [-0.4, -0.2) is 58.7 Å². The molecule has 3 heterocycles. The number of aliphatic hydroxyl groups is 1. The molecule has 0 bridgehead atoms.